The number of nitrogens with one attached hydrogen (secondary N) is 1. The van der Waals surface area contributed by atoms with E-state index in [4.69, 9.17) is 0 Å². The summed E-state index contributed by atoms with van der Waals surface area (Å²) in [6, 6.07) is 14.4. The number of halogens is 1. The number of hydrogen-bond donors (Lipinski definition) is 1. The van der Waals surface area contributed by atoms with Gasteiger partial charge < -0.3 is 15.1 Å². The highest BCUT2D eigenvalue weighted by Crippen LogP contribution is 2.32. The second-order valence-electron chi connectivity index (χ2n) is 7.65. The van der Waals surface area contributed by atoms with Crippen LogP contribution in [0.5, 0.6) is 0 Å². The lowest BCUT2D eigenvalue weighted by Crippen LogP contribution is -2.50. The van der Waals surface area contributed by atoms with Crippen molar-refractivity contribution in [2.75, 3.05) is 36.4 Å². The van der Waals surface area contributed by atoms with Gasteiger partial charge in [-0.1, -0.05) is 51.1 Å². The standard InChI is InChI=1S/C21H26FN3O/c1-21(2,3)16-8-4-7-11-19(16)24-12-14-25(15-13-24)20(26)23-18-10-6-5-9-17(18)22/h4-11H,12-15H2,1-3H3,(H,23,26). The summed E-state index contributed by atoms with van der Waals surface area (Å²) in [5.74, 6) is -0.418. The first-order valence-corrected chi connectivity index (χ1v) is 9.01. The summed E-state index contributed by atoms with van der Waals surface area (Å²) in [6.45, 7) is 9.38. The molecule has 1 fully saturated rings. The largest absolute Gasteiger partial charge is 0.368 e. The minimum atomic E-state index is -0.418. The van der Waals surface area contributed by atoms with E-state index >= 15 is 0 Å². The van der Waals surface area contributed by atoms with Crippen LogP contribution in [0.25, 0.3) is 0 Å². The SMILES string of the molecule is CC(C)(C)c1ccccc1N1CCN(C(=O)Nc2ccccc2F)CC1. The first-order valence-electron chi connectivity index (χ1n) is 9.01. The lowest BCUT2D eigenvalue weighted by atomic mass is 9.85. The normalized spacial score (nSPS) is 15.1. The molecule has 0 atom stereocenters. The lowest BCUT2D eigenvalue weighted by Gasteiger charge is -2.38. The number of carbonyl (C=O) groups excluding carboxylic acids is 1. The number of urea groups is 1. The molecule has 26 heavy (non-hydrogen) atoms. The minimum absolute atomic E-state index is 0.0654. The van der Waals surface area contributed by atoms with Gasteiger partial charge in [-0.2, -0.15) is 0 Å². The van der Waals surface area contributed by atoms with Crippen LogP contribution in [0.4, 0.5) is 20.6 Å². The first-order chi connectivity index (χ1) is 12.4. The molecule has 2 aromatic rings. The Bertz CT molecular complexity index is 777. The molecule has 3 rings (SSSR count). The van der Waals surface area contributed by atoms with Crippen molar-refractivity contribution >= 4 is 17.4 Å². The third-order valence-corrected chi connectivity index (χ3v) is 4.74. The zero-order valence-corrected chi connectivity index (χ0v) is 15.6. The van der Waals surface area contributed by atoms with E-state index < -0.39 is 5.82 Å². The van der Waals surface area contributed by atoms with Crippen LogP contribution in [0.3, 0.4) is 0 Å². The molecule has 1 heterocycles. The van der Waals surface area contributed by atoms with Gasteiger partial charge in [0.05, 0.1) is 5.69 Å². The Labute approximate surface area is 154 Å². The Morgan fingerprint density at radius 2 is 1.58 bits per heavy atom. The maximum atomic E-state index is 13.7. The quantitative estimate of drug-likeness (QED) is 0.862. The fraction of sp³-hybridized carbons (Fsp3) is 0.381. The number of nitrogens with zero attached hydrogens (tertiary/aromatic N) is 2. The van der Waals surface area contributed by atoms with Gasteiger partial charge in [-0.25, -0.2) is 9.18 Å². The molecule has 1 N–H and O–H groups in total. The van der Waals surface area contributed by atoms with Gasteiger partial charge in [-0.05, 0) is 29.2 Å². The highest BCUT2D eigenvalue weighted by molar-refractivity contribution is 5.89. The van der Waals surface area contributed by atoms with E-state index in [-0.39, 0.29) is 17.1 Å². The average Bonchev–Trinajstić information content (AvgIpc) is 2.63. The van der Waals surface area contributed by atoms with Crippen LogP contribution in [-0.2, 0) is 5.41 Å². The van der Waals surface area contributed by atoms with Crippen LogP contribution in [0.15, 0.2) is 48.5 Å². The summed E-state index contributed by atoms with van der Waals surface area (Å²) >= 11 is 0. The number of para-hydroxylation sites is 2. The van der Waals surface area contributed by atoms with Crippen LogP contribution in [0.1, 0.15) is 26.3 Å². The van der Waals surface area contributed by atoms with Gasteiger partial charge in [-0.3, -0.25) is 0 Å². The lowest BCUT2D eigenvalue weighted by molar-refractivity contribution is 0.208. The predicted molar refractivity (Wildman–Crippen MR) is 104 cm³/mol. The molecule has 1 saturated heterocycles. The van der Waals surface area contributed by atoms with E-state index in [2.05, 4.69) is 55.3 Å². The van der Waals surface area contributed by atoms with Crippen molar-refractivity contribution in [3.8, 4) is 0 Å². The molecule has 0 saturated carbocycles. The number of rotatable bonds is 2. The fourth-order valence-electron chi connectivity index (χ4n) is 3.29. The van der Waals surface area contributed by atoms with Crippen LogP contribution in [-0.4, -0.2) is 37.1 Å². The molecule has 1 aliphatic heterocycles. The topological polar surface area (TPSA) is 35.6 Å². The average molecular weight is 355 g/mol. The molecule has 0 spiro atoms. The van der Waals surface area contributed by atoms with Crippen LogP contribution < -0.4 is 10.2 Å². The van der Waals surface area contributed by atoms with Gasteiger partial charge in [0.1, 0.15) is 5.82 Å². The van der Waals surface area contributed by atoms with Crippen molar-refractivity contribution in [2.45, 2.75) is 26.2 Å². The van der Waals surface area contributed by atoms with Gasteiger partial charge in [-0.15, -0.1) is 0 Å². The van der Waals surface area contributed by atoms with Gasteiger partial charge in [0, 0.05) is 31.9 Å². The molecule has 138 valence electrons. The molecule has 0 bridgehead atoms. The van der Waals surface area contributed by atoms with E-state index in [0.29, 0.717) is 13.1 Å². The molecular weight excluding hydrogens is 329 g/mol. The van der Waals surface area contributed by atoms with Crippen molar-refractivity contribution in [1.82, 2.24) is 4.90 Å². The molecule has 0 aliphatic carbocycles. The summed E-state index contributed by atoms with van der Waals surface area (Å²) in [7, 11) is 0. The van der Waals surface area contributed by atoms with Gasteiger partial charge in [0.2, 0.25) is 0 Å². The molecule has 2 amide bonds. The third kappa shape index (κ3) is 3.98. The number of carbonyl (C=O) groups is 1. The van der Waals surface area contributed by atoms with E-state index in [1.165, 1.54) is 17.3 Å². The predicted octanol–water partition coefficient (Wildman–Crippen LogP) is 4.48. The Hall–Kier alpha value is -2.56. The Kier molecular flexibility index (Phi) is 5.16. The van der Waals surface area contributed by atoms with Crippen molar-refractivity contribution in [1.29, 1.82) is 0 Å². The van der Waals surface area contributed by atoms with E-state index in [1.807, 2.05) is 0 Å². The van der Waals surface area contributed by atoms with E-state index in [0.717, 1.165) is 13.1 Å². The van der Waals surface area contributed by atoms with Crippen LogP contribution in [0, 0.1) is 5.82 Å². The number of benzene rings is 2. The molecule has 0 aromatic heterocycles. The Morgan fingerprint density at radius 3 is 2.23 bits per heavy atom. The molecule has 5 heteroatoms. The van der Waals surface area contributed by atoms with Crippen molar-refractivity contribution in [3.63, 3.8) is 0 Å². The highest BCUT2D eigenvalue weighted by atomic mass is 19.1. The summed E-state index contributed by atoms with van der Waals surface area (Å²) in [6.07, 6.45) is 0. The Morgan fingerprint density at radius 1 is 0.962 bits per heavy atom. The zero-order chi connectivity index (χ0) is 18.7. The molecule has 0 unspecified atom stereocenters. The first kappa shape index (κ1) is 18.2. The molecule has 0 radical (unpaired) electrons. The minimum Gasteiger partial charge on any atom is -0.368 e. The second kappa shape index (κ2) is 7.36. The third-order valence-electron chi connectivity index (χ3n) is 4.74. The smallest absolute Gasteiger partial charge is 0.322 e. The number of hydrogen-bond acceptors (Lipinski definition) is 2. The monoisotopic (exact) mass is 355 g/mol. The molecule has 1 aliphatic rings. The summed E-state index contributed by atoms with van der Waals surface area (Å²) in [5, 5.41) is 2.66. The Balaban J connectivity index is 1.65. The molecule has 4 nitrogen and oxygen atoms in total. The van der Waals surface area contributed by atoms with Crippen molar-refractivity contribution in [3.05, 3.63) is 59.9 Å². The summed E-state index contributed by atoms with van der Waals surface area (Å²) in [4.78, 5) is 16.5. The summed E-state index contributed by atoms with van der Waals surface area (Å²) in [5.41, 5.74) is 2.83. The maximum Gasteiger partial charge on any atom is 0.322 e. The number of anilines is 2. The molecular formula is C21H26FN3O. The zero-order valence-electron chi connectivity index (χ0n) is 15.6. The number of amides is 2. The number of piperazine rings is 1. The van der Waals surface area contributed by atoms with Gasteiger partial charge in [0.25, 0.3) is 0 Å². The van der Waals surface area contributed by atoms with Crippen LogP contribution >= 0.6 is 0 Å². The highest BCUT2D eigenvalue weighted by Gasteiger charge is 2.25. The summed E-state index contributed by atoms with van der Waals surface area (Å²) < 4.78 is 13.7. The van der Waals surface area contributed by atoms with Crippen molar-refractivity contribution in [2.24, 2.45) is 0 Å². The van der Waals surface area contributed by atoms with E-state index in [1.54, 1.807) is 23.1 Å². The van der Waals surface area contributed by atoms with Crippen LogP contribution in [0.2, 0.25) is 0 Å². The van der Waals surface area contributed by atoms with Crippen molar-refractivity contribution < 1.29 is 9.18 Å². The molecule has 2 aromatic carbocycles. The van der Waals surface area contributed by atoms with Gasteiger partial charge >= 0.3 is 6.03 Å². The maximum absolute atomic E-state index is 13.7. The second-order valence-corrected chi connectivity index (χ2v) is 7.65. The van der Waals surface area contributed by atoms with Gasteiger partial charge in [0.15, 0.2) is 0 Å². The van der Waals surface area contributed by atoms with E-state index in [9.17, 15) is 9.18 Å². The fourth-order valence-corrected chi connectivity index (χ4v) is 3.29.